The van der Waals surface area contributed by atoms with E-state index in [0.717, 1.165) is 5.56 Å². The molecule has 0 saturated heterocycles. The molecule has 1 aliphatic rings. The van der Waals surface area contributed by atoms with E-state index in [9.17, 15) is 13.5 Å². The van der Waals surface area contributed by atoms with Crippen molar-refractivity contribution < 1.29 is 18.3 Å². The lowest BCUT2D eigenvalue weighted by Crippen LogP contribution is -1.99. The van der Waals surface area contributed by atoms with Crippen LogP contribution in [-0.4, -0.2) is 20.1 Å². The van der Waals surface area contributed by atoms with Gasteiger partial charge < -0.3 is 9.84 Å². The Labute approximate surface area is 123 Å². The first-order chi connectivity index (χ1) is 9.95. The fourth-order valence-corrected chi connectivity index (χ4v) is 3.79. The number of phenols is 1. The molecule has 0 aromatic heterocycles. The lowest BCUT2D eigenvalue weighted by Gasteiger charge is -2.08. The molecule has 1 heterocycles. The van der Waals surface area contributed by atoms with Crippen LogP contribution in [0.15, 0.2) is 52.8 Å². The maximum absolute atomic E-state index is 12.0. The molecule has 0 amide bonds. The zero-order valence-corrected chi connectivity index (χ0v) is 12.2. The van der Waals surface area contributed by atoms with E-state index in [-0.39, 0.29) is 17.3 Å². The van der Waals surface area contributed by atoms with Crippen LogP contribution in [0.4, 0.5) is 0 Å². The normalized spacial score (nSPS) is 15.4. The number of hydrogen-bond acceptors (Lipinski definition) is 4. The SMILES string of the molecule is Cc1cccc(OCC2=CS(=O)(=O)c3cc(O)ccc32)c1. The van der Waals surface area contributed by atoms with Crippen molar-refractivity contribution in [2.24, 2.45) is 0 Å². The van der Waals surface area contributed by atoms with Crippen LogP contribution in [0, 0.1) is 6.92 Å². The second kappa shape index (κ2) is 4.93. The van der Waals surface area contributed by atoms with Gasteiger partial charge in [-0.1, -0.05) is 12.1 Å². The monoisotopic (exact) mass is 302 g/mol. The average molecular weight is 302 g/mol. The van der Waals surface area contributed by atoms with E-state index in [0.29, 0.717) is 16.9 Å². The Kier molecular flexibility index (Phi) is 3.22. The Morgan fingerprint density at radius 1 is 1.14 bits per heavy atom. The third-order valence-electron chi connectivity index (χ3n) is 3.30. The van der Waals surface area contributed by atoms with Gasteiger partial charge >= 0.3 is 0 Å². The van der Waals surface area contributed by atoms with Crippen molar-refractivity contribution in [3.05, 3.63) is 59.0 Å². The van der Waals surface area contributed by atoms with Gasteiger partial charge in [0.15, 0.2) is 0 Å². The van der Waals surface area contributed by atoms with Crippen LogP contribution in [-0.2, 0) is 9.84 Å². The Morgan fingerprint density at radius 3 is 2.71 bits per heavy atom. The Morgan fingerprint density at radius 2 is 1.95 bits per heavy atom. The van der Waals surface area contributed by atoms with Crippen LogP contribution in [0.1, 0.15) is 11.1 Å². The molecule has 3 rings (SSSR count). The van der Waals surface area contributed by atoms with Gasteiger partial charge in [-0.15, -0.1) is 0 Å². The molecule has 0 saturated carbocycles. The average Bonchev–Trinajstić information content (AvgIpc) is 2.68. The summed E-state index contributed by atoms with van der Waals surface area (Å²) in [5.74, 6) is 0.632. The lowest BCUT2D eigenvalue weighted by molar-refractivity contribution is 0.369. The highest BCUT2D eigenvalue weighted by atomic mass is 32.2. The summed E-state index contributed by atoms with van der Waals surface area (Å²) >= 11 is 0. The van der Waals surface area contributed by atoms with Crippen LogP contribution < -0.4 is 4.74 Å². The summed E-state index contributed by atoms with van der Waals surface area (Å²) in [5, 5.41) is 10.6. The van der Waals surface area contributed by atoms with E-state index in [4.69, 9.17) is 4.74 Å². The van der Waals surface area contributed by atoms with Crippen molar-refractivity contribution >= 4 is 15.4 Å². The van der Waals surface area contributed by atoms with E-state index in [2.05, 4.69) is 0 Å². The molecule has 0 aliphatic carbocycles. The van der Waals surface area contributed by atoms with Crippen molar-refractivity contribution in [2.75, 3.05) is 6.61 Å². The molecular formula is C16H14O4S. The fraction of sp³-hybridized carbons (Fsp3) is 0.125. The van der Waals surface area contributed by atoms with Crippen LogP contribution in [0.5, 0.6) is 11.5 Å². The topological polar surface area (TPSA) is 63.6 Å². The standard InChI is InChI=1S/C16H14O4S/c1-11-3-2-4-14(7-11)20-9-12-10-21(18,19)16-8-13(17)5-6-15(12)16/h2-8,10,17H,9H2,1H3. The van der Waals surface area contributed by atoms with Crippen molar-refractivity contribution in [2.45, 2.75) is 11.8 Å². The highest BCUT2D eigenvalue weighted by Gasteiger charge is 2.27. The summed E-state index contributed by atoms with van der Waals surface area (Å²) in [6.07, 6.45) is 0. The third-order valence-corrected chi connectivity index (χ3v) is 4.84. The number of sulfone groups is 1. The minimum Gasteiger partial charge on any atom is -0.508 e. The molecule has 0 spiro atoms. The molecule has 1 N–H and O–H groups in total. The van der Waals surface area contributed by atoms with Crippen molar-refractivity contribution in [1.29, 1.82) is 0 Å². The number of fused-ring (bicyclic) bond motifs is 1. The first-order valence-corrected chi connectivity index (χ1v) is 7.99. The van der Waals surface area contributed by atoms with Gasteiger partial charge in [-0.05, 0) is 42.8 Å². The summed E-state index contributed by atoms with van der Waals surface area (Å²) in [6, 6.07) is 11.9. The lowest BCUT2D eigenvalue weighted by atomic mass is 10.1. The summed E-state index contributed by atoms with van der Waals surface area (Å²) in [5.41, 5.74) is 2.25. The Hall–Kier alpha value is -2.27. The number of phenolic OH excluding ortho intramolecular Hbond substituents is 1. The van der Waals surface area contributed by atoms with Crippen molar-refractivity contribution in [3.63, 3.8) is 0 Å². The molecule has 2 aromatic carbocycles. The van der Waals surface area contributed by atoms with E-state index < -0.39 is 9.84 Å². The summed E-state index contributed by atoms with van der Waals surface area (Å²) in [4.78, 5) is 0.130. The predicted molar refractivity (Wildman–Crippen MR) is 79.9 cm³/mol. The predicted octanol–water partition coefficient (Wildman–Crippen LogP) is 2.91. The van der Waals surface area contributed by atoms with E-state index in [1.165, 1.54) is 17.5 Å². The van der Waals surface area contributed by atoms with Crippen LogP contribution in [0.2, 0.25) is 0 Å². The number of benzene rings is 2. The highest BCUT2D eigenvalue weighted by Crippen LogP contribution is 2.35. The molecule has 21 heavy (non-hydrogen) atoms. The quantitative estimate of drug-likeness (QED) is 0.947. The van der Waals surface area contributed by atoms with E-state index in [1.54, 1.807) is 6.07 Å². The highest BCUT2D eigenvalue weighted by molar-refractivity contribution is 7.95. The summed E-state index contributed by atoms with van der Waals surface area (Å²) < 4.78 is 29.7. The number of rotatable bonds is 3. The van der Waals surface area contributed by atoms with Gasteiger partial charge in [0, 0.05) is 16.5 Å². The molecule has 1 aliphatic heterocycles. The van der Waals surface area contributed by atoms with Crippen molar-refractivity contribution in [1.82, 2.24) is 0 Å². The molecule has 0 bridgehead atoms. The zero-order chi connectivity index (χ0) is 15.0. The maximum Gasteiger partial charge on any atom is 0.200 e. The number of ether oxygens (including phenoxy) is 1. The van der Waals surface area contributed by atoms with Crippen molar-refractivity contribution in [3.8, 4) is 11.5 Å². The zero-order valence-electron chi connectivity index (χ0n) is 11.4. The van der Waals surface area contributed by atoms with Crippen LogP contribution in [0.3, 0.4) is 0 Å². The van der Waals surface area contributed by atoms with Gasteiger partial charge in [0.1, 0.15) is 18.1 Å². The largest absolute Gasteiger partial charge is 0.508 e. The fourth-order valence-electron chi connectivity index (χ4n) is 2.30. The molecule has 5 heteroatoms. The number of hydrogen-bond donors (Lipinski definition) is 1. The molecule has 4 nitrogen and oxygen atoms in total. The molecule has 108 valence electrons. The van der Waals surface area contributed by atoms with E-state index >= 15 is 0 Å². The molecule has 0 radical (unpaired) electrons. The molecule has 0 fully saturated rings. The molecule has 0 atom stereocenters. The Balaban J connectivity index is 1.88. The number of aryl methyl sites for hydroxylation is 1. The molecule has 2 aromatic rings. The second-order valence-electron chi connectivity index (χ2n) is 4.97. The van der Waals surface area contributed by atoms with Gasteiger partial charge in [-0.3, -0.25) is 0 Å². The molecule has 0 unspecified atom stereocenters. The second-order valence-corrected chi connectivity index (χ2v) is 6.74. The van der Waals surface area contributed by atoms with Gasteiger partial charge in [-0.2, -0.15) is 0 Å². The van der Waals surface area contributed by atoms with Gasteiger partial charge in [-0.25, -0.2) is 8.42 Å². The maximum atomic E-state index is 12.0. The summed E-state index contributed by atoms with van der Waals surface area (Å²) in [6.45, 7) is 2.13. The summed E-state index contributed by atoms with van der Waals surface area (Å²) in [7, 11) is -3.49. The van der Waals surface area contributed by atoms with Gasteiger partial charge in [0.2, 0.25) is 9.84 Å². The number of aromatic hydroxyl groups is 1. The third kappa shape index (κ3) is 2.64. The van der Waals surface area contributed by atoms with Gasteiger partial charge in [0.25, 0.3) is 0 Å². The van der Waals surface area contributed by atoms with Crippen LogP contribution >= 0.6 is 0 Å². The minimum absolute atomic E-state index is 0.0634. The smallest absolute Gasteiger partial charge is 0.200 e. The van der Waals surface area contributed by atoms with Crippen LogP contribution in [0.25, 0.3) is 5.57 Å². The van der Waals surface area contributed by atoms with E-state index in [1.807, 2.05) is 31.2 Å². The first kappa shape index (κ1) is 13.7. The Bertz CT molecular complexity index is 835. The first-order valence-electron chi connectivity index (χ1n) is 6.44. The molecular weight excluding hydrogens is 288 g/mol. The minimum atomic E-state index is -3.49. The van der Waals surface area contributed by atoms with Gasteiger partial charge in [0.05, 0.1) is 4.90 Å².